The summed E-state index contributed by atoms with van der Waals surface area (Å²) in [5, 5.41) is 3.92. The topological polar surface area (TPSA) is 54.5 Å². The van der Waals surface area contributed by atoms with Gasteiger partial charge in [-0.25, -0.2) is 4.98 Å². The molecule has 1 unspecified atom stereocenters. The smallest absolute Gasteiger partial charge is 0.263 e. The molecule has 1 amide bonds. The van der Waals surface area contributed by atoms with Crippen molar-refractivity contribution in [1.29, 1.82) is 0 Å². The molecule has 1 aliphatic rings. The second-order valence-corrected chi connectivity index (χ2v) is 7.85. The van der Waals surface area contributed by atoms with Crippen LogP contribution in [-0.2, 0) is 0 Å². The van der Waals surface area contributed by atoms with Crippen LogP contribution in [0.5, 0.6) is 5.75 Å². The van der Waals surface area contributed by atoms with Crippen LogP contribution in [0, 0.1) is 6.92 Å². The van der Waals surface area contributed by atoms with Crippen molar-refractivity contribution in [3.63, 3.8) is 0 Å². The lowest BCUT2D eigenvalue weighted by Crippen LogP contribution is -2.41. The Hall–Kier alpha value is -1.92. The lowest BCUT2D eigenvalue weighted by Gasteiger charge is -2.24. The Balaban J connectivity index is 1.64. The summed E-state index contributed by atoms with van der Waals surface area (Å²) in [6.45, 7) is 7.31. The molecular weight excluding hydrogens is 346 g/mol. The standard InChI is InChI=1S/C20H27N3O2S/c1-5-25-17-10-6-15(7-11-17)20-22-14(3)18(26-20)19(24)21-12-13(2)23(4)16-8-9-16/h6-7,10-11,13,16H,5,8-9,12H2,1-4H3,(H,21,24). The molecule has 0 bridgehead atoms. The summed E-state index contributed by atoms with van der Waals surface area (Å²) >= 11 is 1.44. The summed E-state index contributed by atoms with van der Waals surface area (Å²) in [6, 6.07) is 8.87. The Bertz CT molecular complexity index is 753. The molecule has 6 heteroatoms. The maximum atomic E-state index is 12.6. The van der Waals surface area contributed by atoms with Crippen molar-refractivity contribution in [3.8, 4) is 16.3 Å². The van der Waals surface area contributed by atoms with Gasteiger partial charge in [0.05, 0.1) is 12.3 Å². The lowest BCUT2D eigenvalue weighted by molar-refractivity contribution is 0.0943. The first-order valence-corrected chi connectivity index (χ1v) is 10.0. The average Bonchev–Trinajstić information content (AvgIpc) is 3.41. The average molecular weight is 374 g/mol. The zero-order valence-electron chi connectivity index (χ0n) is 15.9. The van der Waals surface area contributed by atoms with Crippen molar-refractivity contribution in [3.05, 3.63) is 34.8 Å². The number of carbonyl (C=O) groups is 1. The first-order chi connectivity index (χ1) is 12.5. The van der Waals surface area contributed by atoms with Gasteiger partial charge in [-0.05, 0) is 64.9 Å². The molecule has 0 spiro atoms. The Kier molecular flexibility index (Phi) is 5.94. The molecule has 1 fully saturated rings. The van der Waals surface area contributed by atoms with E-state index in [1.807, 2.05) is 38.1 Å². The molecular formula is C20H27N3O2S. The molecule has 3 rings (SSSR count). The van der Waals surface area contributed by atoms with E-state index in [-0.39, 0.29) is 5.91 Å². The maximum Gasteiger partial charge on any atom is 0.263 e. The van der Waals surface area contributed by atoms with Gasteiger partial charge in [-0.1, -0.05) is 0 Å². The van der Waals surface area contributed by atoms with E-state index in [1.54, 1.807) is 0 Å². The van der Waals surface area contributed by atoms with Gasteiger partial charge in [-0.2, -0.15) is 0 Å². The van der Waals surface area contributed by atoms with E-state index in [2.05, 4.69) is 29.2 Å². The summed E-state index contributed by atoms with van der Waals surface area (Å²) in [5.41, 5.74) is 1.78. The fraction of sp³-hybridized carbons (Fsp3) is 0.500. The first kappa shape index (κ1) is 18.9. The number of ether oxygens (including phenoxy) is 1. The lowest BCUT2D eigenvalue weighted by atomic mass is 10.2. The van der Waals surface area contributed by atoms with Crippen LogP contribution in [0.3, 0.4) is 0 Å². The minimum Gasteiger partial charge on any atom is -0.494 e. The van der Waals surface area contributed by atoms with E-state index in [0.29, 0.717) is 30.1 Å². The van der Waals surface area contributed by atoms with E-state index in [1.165, 1.54) is 24.2 Å². The molecule has 1 aromatic heterocycles. The Morgan fingerprint density at radius 1 is 1.38 bits per heavy atom. The zero-order chi connectivity index (χ0) is 18.7. The van der Waals surface area contributed by atoms with Crippen molar-refractivity contribution in [2.45, 2.75) is 45.7 Å². The van der Waals surface area contributed by atoms with Gasteiger partial charge in [0.15, 0.2) is 0 Å². The molecule has 1 N–H and O–H groups in total. The second-order valence-electron chi connectivity index (χ2n) is 6.85. The van der Waals surface area contributed by atoms with Gasteiger partial charge < -0.3 is 10.1 Å². The van der Waals surface area contributed by atoms with Gasteiger partial charge in [0, 0.05) is 24.2 Å². The van der Waals surface area contributed by atoms with Gasteiger partial charge in [0.25, 0.3) is 5.91 Å². The second kappa shape index (κ2) is 8.18. The highest BCUT2D eigenvalue weighted by Gasteiger charge is 2.29. The SMILES string of the molecule is CCOc1ccc(-c2nc(C)c(C(=O)NCC(C)N(C)C3CC3)s2)cc1. The van der Waals surface area contributed by atoms with Gasteiger partial charge >= 0.3 is 0 Å². The predicted molar refractivity (Wildman–Crippen MR) is 106 cm³/mol. The minimum absolute atomic E-state index is 0.0340. The molecule has 1 aliphatic carbocycles. The summed E-state index contributed by atoms with van der Waals surface area (Å²) in [4.78, 5) is 20.2. The quantitative estimate of drug-likeness (QED) is 0.766. The number of nitrogens with zero attached hydrogens (tertiary/aromatic N) is 2. The number of amides is 1. The molecule has 0 aliphatic heterocycles. The van der Waals surface area contributed by atoms with Crippen molar-refractivity contribution < 1.29 is 9.53 Å². The zero-order valence-corrected chi connectivity index (χ0v) is 16.7. The third-order valence-corrected chi connectivity index (χ3v) is 6.00. The van der Waals surface area contributed by atoms with E-state index < -0.39 is 0 Å². The highest BCUT2D eigenvalue weighted by molar-refractivity contribution is 7.17. The summed E-state index contributed by atoms with van der Waals surface area (Å²) in [7, 11) is 2.14. The molecule has 1 saturated carbocycles. The van der Waals surface area contributed by atoms with Crippen LogP contribution in [0.25, 0.3) is 10.6 Å². The third-order valence-electron chi connectivity index (χ3n) is 4.79. The van der Waals surface area contributed by atoms with Gasteiger partial charge in [-0.3, -0.25) is 9.69 Å². The van der Waals surface area contributed by atoms with Crippen molar-refractivity contribution >= 4 is 17.2 Å². The highest BCUT2D eigenvalue weighted by Crippen LogP contribution is 2.29. The summed E-state index contributed by atoms with van der Waals surface area (Å²) in [5.74, 6) is 0.810. The van der Waals surface area contributed by atoms with Crippen molar-refractivity contribution in [2.75, 3.05) is 20.2 Å². The molecule has 140 valence electrons. The molecule has 0 saturated heterocycles. The Morgan fingerprint density at radius 3 is 2.69 bits per heavy atom. The Labute approximate surface area is 159 Å². The molecule has 5 nitrogen and oxygen atoms in total. The number of carbonyl (C=O) groups excluding carboxylic acids is 1. The normalized spacial score (nSPS) is 15.1. The van der Waals surface area contributed by atoms with E-state index in [0.717, 1.165) is 22.0 Å². The monoisotopic (exact) mass is 373 g/mol. The number of likely N-dealkylation sites (N-methyl/N-ethyl adjacent to an activating group) is 1. The van der Waals surface area contributed by atoms with Crippen molar-refractivity contribution in [2.24, 2.45) is 0 Å². The fourth-order valence-electron chi connectivity index (χ4n) is 2.90. The van der Waals surface area contributed by atoms with E-state index in [9.17, 15) is 4.79 Å². The highest BCUT2D eigenvalue weighted by atomic mass is 32.1. The van der Waals surface area contributed by atoms with Crippen LogP contribution >= 0.6 is 11.3 Å². The molecule has 1 heterocycles. The predicted octanol–water partition coefficient (Wildman–Crippen LogP) is 3.73. The van der Waals surface area contributed by atoms with E-state index >= 15 is 0 Å². The van der Waals surface area contributed by atoms with Crippen LogP contribution in [-0.4, -0.2) is 48.1 Å². The number of aryl methyl sites for hydroxylation is 1. The van der Waals surface area contributed by atoms with Crippen LogP contribution in [0.1, 0.15) is 42.1 Å². The van der Waals surface area contributed by atoms with Gasteiger partial charge in [0.2, 0.25) is 0 Å². The molecule has 1 aromatic carbocycles. The number of aromatic nitrogens is 1. The number of hydrogen-bond donors (Lipinski definition) is 1. The summed E-state index contributed by atoms with van der Waals surface area (Å²) < 4.78 is 5.47. The Morgan fingerprint density at radius 2 is 2.08 bits per heavy atom. The minimum atomic E-state index is -0.0340. The van der Waals surface area contributed by atoms with Crippen LogP contribution in [0.4, 0.5) is 0 Å². The number of hydrogen-bond acceptors (Lipinski definition) is 5. The third kappa shape index (κ3) is 4.43. The van der Waals surface area contributed by atoms with Gasteiger partial charge in [-0.15, -0.1) is 11.3 Å². The number of thiazole rings is 1. The molecule has 0 radical (unpaired) electrons. The molecule has 26 heavy (non-hydrogen) atoms. The van der Waals surface area contributed by atoms with Gasteiger partial charge in [0.1, 0.15) is 15.6 Å². The summed E-state index contributed by atoms with van der Waals surface area (Å²) in [6.07, 6.45) is 2.54. The molecule has 2 aromatic rings. The first-order valence-electron chi connectivity index (χ1n) is 9.20. The molecule has 1 atom stereocenters. The number of rotatable bonds is 8. The largest absolute Gasteiger partial charge is 0.494 e. The fourth-order valence-corrected chi connectivity index (χ4v) is 3.89. The van der Waals surface area contributed by atoms with Crippen molar-refractivity contribution in [1.82, 2.24) is 15.2 Å². The maximum absolute atomic E-state index is 12.6. The van der Waals surface area contributed by atoms with Crippen LogP contribution in [0.15, 0.2) is 24.3 Å². The number of benzene rings is 1. The van der Waals surface area contributed by atoms with Crippen LogP contribution < -0.4 is 10.1 Å². The van der Waals surface area contributed by atoms with E-state index in [4.69, 9.17) is 4.74 Å². The van der Waals surface area contributed by atoms with Crippen LogP contribution in [0.2, 0.25) is 0 Å². The number of nitrogens with one attached hydrogen (secondary N) is 1.